The van der Waals surface area contributed by atoms with Gasteiger partial charge in [0.25, 0.3) is 0 Å². The number of nitrogens with zero attached hydrogens (tertiary/aromatic N) is 1. The monoisotopic (exact) mass is 325 g/mol. The van der Waals surface area contributed by atoms with Gasteiger partial charge in [0.2, 0.25) is 5.91 Å². The van der Waals surface area contributed by atoms with Crippen molar-refractivity contribution in [2.75, 3.05) is 4.90 Å². The summed E-state index contributed by atoms with van der Waals surface area (Å²) in [6.45, 7) is 8.37. The molecule has 2 nitrogen and oxygen atoms in total. The van der Waals surface area contributed by atoms with E-state index in [-0.39, 0.29) is 17.2 Å². The zero-order valence-electron chi connectivity index (χ0n) is 14.2. The second-order valence-electron chi connectivity index (χ2n) is 6.40. The van der Waals surface area contributed by atoms with E-state index in [0.717, 1.165) is 17.0 Å². The van der Waals surface area contributed by atoms with Crippen molar-refractivity contribution in [1.82, 2.24) is 0 Å². The number of rotatable bonds is 3. The van der Waals surface area contributed by atoms with Gasteiger partial charge in [-0.05, 0) is 69.0 Å². The lowest BCUT2D eigenvalue weighted by Gasteiger charge is -2.26. The molecule has 0 radical (unpaired) electrons. The molecule has 0 fully saturated rings. The number of fused-ring (bicyclic) bond motifs is 1. The fourth-order valence-corrected chi connectivity index (χ4v) is 4.15. The Morgan fingerprint density at radius 2 is 1.91 bits per heavy atom. The Bertz CT molecular complexity index is 740. The van der Waals surface area contributed by atoms with E-state index in [2.05, 4.69) is 51.1 Å². The van der Waals surface area contributed by atoms with Crippen molar-refractivity contribution in [2.45, 2.75) is 50.3 Å². The fourth-order valence-electron chi connectivity index (χ4n) is 3.14. The van der Waals surface area contributed by atoms with Gasteiger partial charge in [-0.3, -0.25) is 4.79 Å². The van der Waals surface area contributed by atoms with E-state index in [1.165, 1.54) is 16.7 Å². The smallest absolute Gasteiger partial charge is 0.240 e. The normalized spacial score (nSPS) is 17.9. The molecular weight excluding hydrogens is 302 g/mol. The van der Waals surface area contributed by atoms with Gasteiger partial charge in [-0.1, -0.05) is 24.3 Å². The molecule has 2 aromatic rings. The predicted octanol–water partition coefficient (Wildman–Crippen LogP) is 4.76. The van der Waals surface area contributed by atoms with Crippen LogP contribution in [0.2, 0.25) is 0 Å². The zero-order valence-corrected chi connectivity index (χ0v) is 15.0. The molecule has 1 aliphatic rings. The lowest BCUT2D eigenvalue weighted by Crippen LogP contribution is -2.40. The first-order chi connectivity index (χ1) is 11.0. The van der Waals surface area contributed by atoms with E-state index >= 15 is 0 Å². The third-order valence-electron chi connectivity index (χ3n) is 4.58. The van der Waals surface area contributed by atoms with Crippen molar-refractivity contribution >= 4 is 23.4 Å². The maximum Gasteiger partial charge on any atom is 0.240 e. The van der Waals surface area contributed by atoms with Crippen LogP contribution in [0.25, 0.3) is 0 Å². The van der Waals surface area contributed by atoms with Crippen LogP contribution in [0.4, 0.5) is 5.69 Å². The molecule has 2 aromatic carbocycles. The Balaban J connectivity index is 1.78. The summed E-state index contributed by atoms with van der Waals surface area (Å²) >= 11 is 1.65. The third-order valence-corrected chi connectivity index (χ3v) is 5.66. The lowest BCUT2D eigenvalue weighted by molar-refractivity contribution is -0.118. The molecule has 0 aromatic heterocycles. The average Bonchev–Trinajstić information content (AvgIpc) is 2.86. The molecule has 0 saturated carbocycles. The topological polar surface area (TPSA) is 20.3 Å². The summed E-state index contributed by atoms with van der Waals surface area (Å²) in [5.74, 6) is 0.200. The molecule has 0 spiro atoms. The highest BCUT2D eigenvalue weighted by atomic mass is 32.2. The highest BCUT2D eigenvalue weighted by Crippen LogP contribution is 2.35. The van der Waals surface area contributed by atoms with Gasteiger partial charge in [0, 0.05) is 16.6 Å². The van der Waals surface area contributed by atoms with Crippen LogP contribution < -0.4 is 4.90 Å². The lowest BCUT2D eigenvalue weighted by atomic mass is 10.1. The Morgan fingerprint density at radius 3 is 2.65 bits per heavy atom. The first-order valence-corrected chi connectivity index (χ1v) is 9.00. The van der Waals surface area contributed by atoms with Gasteiger partial charge < -0.3 is 4.90 Å². The quantitative estimate of drug-likeness (QED) is 0.758. The van der Waals surface area contributed by atoms with E-state index in [1.807, 2.05) is 24.0 Å². The van der Waals surface area contributed by atoms with Gasteiger partial charge in [-0.25, -0.2) is 0 Å². The molecular formula is C20H23NOS. The number of hydrogen-bond acceptors (Lipinski definition) is 2. The van der Waals surface area contributed by atoms with E-state index in [9.17, 15) is 4.79 Å². The third kappa shape index (κ3) is 3.16. The van der Waals surface area contributed by atoms with Crippen LogP contribution in [-0.2, 0) is 11.2 Å². The standard InChI is InChI=1S/C20H23NOS/c1-13-9-10-18(11-14(13)2)23-16(4)20(22)21-15(3)12-17-7-5-6-8-19(17)21/h5-11,15-16H,12H2,1-4H3/t15-,16+/m0/s1. The molecule has 3 rings (SSSR count). The van der Waals surface area contributed by atoms with Gasteiger partial charge in [0.1, 0.15) is 0 Å². The van der Waals surface area contributed by atoms with E-state index in [1.54, 1.807) is 11.8 Å². The average molecular weight is 325 g/mol. The molecule has 1 amide bonds. The molecule has 120 valence electrons. The minimum atomic E-state index is -0.0919. The molecule has 0 N–H and O–H groups in total. The first-order valence-electron chi connectivity index (χ1n) is 8.12. The maximum absolute atomic E-state index is 13.0. The number of carbonyl (C=O) groups excluding carboxylic acids is 1. The molecule has 0 aliphatic carbocycles. The molecule has 1 aliphatic heterocycles. The van der Waals surface area contributed by atoms with E-state index in [0.29, 0.717) is 0 Å². The van der Waals surface area contributed by atoms with Crippen LogP contribution in [0, 0.1) is 13.8 Å². The number of anilines is 1. The molecule has 3 heteroatoms. The fraction of sp³-hybridized carbons (Fsp3) is 0.350. The number of aryl methyl sites for hydroxylation is 2. The Hall–Kier alpha value is -1.74. The second kappa shape index (κ2) is 6.40. The molecule has 23 heavy (non-hydrogen) atoms. The number of carbonyl (C=O) groups is 1. The van der Waals surface area contributed by atoms with Gasteiger partial charge in [0.15, 0.2) is 0 Å². The summed E-state index contributed by atoms with van der Waals surface area (Å²) < 4.78 is 0. The van der Waals surface area contributed by atoms with Crippen LogP contribution in [0.3, 0.4) is 0 Å². The molecule has 0 unspecified atom stereocenters. The molecule has 1 heterocycles. The number of thioether (sulfide) groups is 1. The molecule has 0 bridgehead atoms. The first kappa shape index (κ1) is 16.1. The van der Waals surface area contributed by atoms with E-state index in [4.69, 9.17) is 0 Å². The summed E-state index contributed by atoms with van der Waals surface area (Å²) in [7, 11) is 0. The Morgan fingerprint density at radius 1 is 1.17 bits per heavy atom. The van der Waals surface area contributed by atoms with Crippen LogP contribution in [-0.4, -0.2) is 17.2 Å². The van der Waals surface area contributed by atoms with Gasteiger partial charge in [-0.15, -0.1) is 11.8 Å². The minimum absolute atomic E-state index is 0.0919. The van der Waals surface area contributed by atoms with E-state index < -0.39 is 0 Å². The zero-order chi connectivity index (χ0) is 16.6. The largest absolute Gasteiger partial charge is 0.308 e. The minimum Gasteiger partial charge on any atom is -0.308 e. The summed E-state index contributed by atoms with van der Waals surface area (Å²) in [4.78, 5) is 16.1. The van der Waals surface area contributed by atoms with Crippen molar-refractivity contribution in [3.63, 3.8) is 0 Å². The van der Waals surface area contributed by atoms with Crippen molar-refractivity contribution in [3.8, 4) is 0 Å². The van der Waals surface area contributed by atoms with Crippen molar-refractivity contribution in [2.24, 2.45) is 0 Å². The predicted molar refractivity (Wildman–Crippen MR) is 98.3 cm³/mol. The maximum atomic E-state index is 13.0. The summed E-state index contributed by atoms with van der Waals surface area (Å²) in [5.41, 5.74) is 4.92. The molecule has 2 atom stereocenters. The number of amides is 1. The number of hydrogen-bond donors (Lipinski definition) is 0. The van der Waals surface area contributed by atoms with Crippen LogP contribution in [0.5, 0.6) is 0 Å². The van der Waals surface area contributed by atoms with Crippen molar-refractivity contribution in [1.29, 1.82) is 0 Å². The number of benzene rings is 2. The van der Waals surface area contributed by atoms with Crippen molar-refractivity contribution < 1.29 is 4.79 Å². The van der Waals surface area contributed by atoms with Crippen molar-refractivity contribution in [3.05, 3.63) is 59.2 Å². The highest BCUT2D eigenvalue weighted by Gasteiger charge is 2.33. The van der Waals surface area contributed by atoms with Gasteiger partial charge in [-0.2, -0.15) is 0 Å². The summed E-state index contributed by atoms with van der Waals surface area (Å²) in [6, 6.07) is 14.9. The number of para-hydroxylation sites is 1. The van der Waals surface area contributed by atoms with Crippen LogP contribution in [0.1, 0.15) is 30.5 Å². The van der Waals surface area contributed by atoms with Gasteiger partial charge in [0.05, 0.1) is 5.25 Å². The Labute approximate surface area is 142 Å². The second-order valence-corrected chi connectivity index (χ2v) is 7.81. The van der Waals surface area contributed by atoms with Gasteiger partial charge >= 0.3 is 0 Å². The summed E-state index contributed by atoms with van der Waals surface area (Å²) in [5, 5.41) is -0.0919. The summed E-state index contributed by atoms with van der Waals surface area (Å²) in [6.07, 6.45) is 0.947. The SMILES string of the molecule is Cc1ccc(S[C@H](C)C(=O)N2c3ccccc3C[C@@H]2C)cc1C. The Kier molecular flexibility index (Phi) is 4.49. The highest BCUT2D eigenvalue weighted by molar-refractivity contribution is 8.00. The van der Waals surface area contributed by atoms with Crippen LogP contribution >= 0.6 is 11.8 Å². The van der Waals surface area contributed by atoms with Crippen LogP contribution in [0.15, 0.2) is 47.4 Å². The molecule has 0 saturated heterocycles.